The Hall–Kier alpha value is -7.51. The topological polar surface area (TPSA) is 438 Å². The van der Waals surface area contributed by atoms with Crippen molar-refractivity contribution in [3.05, 3.63) is 5.82 Å². The van der Waals surface area contributed by atoms with Gasteiger partial charge in [-0.1, -0.05) is 53.4 Å². The van der Waals surface area contributed by atoms with Gasteiger partial charge in [0, 0.05) is 146 Å². The quantitative estimate of drug-likeness (QED) is 0.0540. The molecule has 2 aromatic heterocycles. The van der Waals surface area contributed by atoms with Crippen LogP contribution in [0.15, 0.2) is 0 Å². The molecular formula is C71H141N23O25. The zero-order chi connectivity index (χ0) is 88.0. The number of nitrogens with one attached hydrogen (secondary N) is 4. The summed E-state index contributed by atoms with van der Waals surface area (Å²) in [4.78, 5) is 109. The highest BCUT2D eigenvalue weighted by Crippen LogP contribution is 2.35. The first-order chi connectivity index (χ1) is 57.8. The molecule has 4 N–H and O–H groups in total. The molecule has 1 atom stereocenters. The van der Waals surface area contributed by atoms with Crippen LogP contribution in [-0.4, -0.2) is 427 Å². The van der Waals surface area contributed by atoms with Crippen molar-refractivity contribution in [1.29, 1.82) is 0 Å². The van der Waals surface area contributed by atoms with E-state index >= 15 is 0 Å². The lowest BCUT2D eigenvalue weighted by atomic mass is 10.3. The first-order valence-electron chi connectivity index (χ1n) is 39.0. The van der Waals surface area contributed by atoms with Crippen LogP contribution in [0.1, 0.15) is 97.5 Å². The Kier molecular flexibility index (Phi) is 60.7. The van der Waals surface area contributed by atoms with Crippen LogP contribution in [0.4, 0.5) is 53.7 Å². The van der Waals surface area contributed by atoms with Gasteiger partial charge < -0.3 is 120 Å². The molecule has 7 rings (SSSR count). The minimum absolute atomic E-state index is 0.00468. The number of hydrogen-bond donors (Lipinski definition) is 4. The SMILES string of the molecule is CCCCOCN1C(=O)N(COCCCC)C2C1N(COCCCC)C(=O)N2COCCCC.COCN1CCCN(COC)C1=O.COCN1CN(C)CN(COC)C1=O.COCN1COCN(COC)C1=O.COCNC(OC)c1nc(N(COC)COC)nc(N(COC)COC)n1.COCNc1nc(NCOC)nc(NCOC)n1. The van der Waals surface area contributed by atoms with Crippen LogP contribution in [0.3, 0.4) is 0 Å². The van der Waals surface area contributed by atoms with Crippen molar-refractivity contribution in [2.75, 3.05) is 327 Å². The molecule has 5 aliphatic rings. The van der Waals surface area contributed by atoms with Gasteiger partial charge in [-0.3, -0.25) is 59.2 Å². The highest BCUT2D eigenvalue weighted by Gasteiger charge is 2.59. The normalized spacial score (nSPS) is 16.3. The Morgan fingerprint density at radius 2 is 0.672 bits per heavy atom. The number of ether oxygens (including phenoxy) is 20. The standard InChI is InChI=1S/C24H46N4O6.C15H30N6O6.C9H18N6O3.C8H17N3O3.C8H16N2O3.C7H14N2O4/c1-5-9-13-31-17-25-21-22(27(23(25)29)19-33-15-11-7-3)28(20-34-16-12-8-4)24(30)26(21)18-32-14-10-6-2;1-22-7-16-13(27-6)12-17-14(20(8-23-2)9-24-3)19-15(18-12)21(10-25-4)11-26-5;1-16-4-10-7-13-8(11-5-17-2)15-9(14-7)12-6-18-3;1-9-4-10(6-13-2)8(12)11(5-9)7-14-3;1-12-6-9-4-3-5-10(7-13-2)8(9)11;1-11-3-8-5-13-6-9(4-12-2)7(8)10/h21-22H,5-20H2,1-4H3;13,16H,7-11H2,1-6H3;4-6H2,1-3H3,(H3,10,11,12,13,14,15);4-7H2,1-3H3;3-7H2,1-2H3;3-6H2,1-2H3. The van der Waals surface area contributed by atoms with Crippen molar-refractivity contribution < 1.29 is 119 Å². The molecule has 1 unspecified atom stereocenters. The maximum Gasteiger partial charge on any atom is 0.327 e. The first kappa shape index (κ1) is 108. The Morgan fingerprint density at radius 1 is 0.370 bits per heavy atom. The largest absolute Gasteiger partial charge is 0.369 e. The molecule has 0 saturated carbocycles. The fourth-order valence-corrected chi connectivity index (χ4v) is 11.0. The second-order valence-corrected chi connectivity index (χ2v) is 26.3. The average Bonchev–Trinajstić information content (AvgIpc) is 1.57. The van der Waals surface area contributed by atoms with Crippen molar-refractivity contribution in [3.8, 4) is 0 Å². The van der Waals surface area contributed by atoms with Crippen LogP contribution in [0.2, 0.25) is 0 Å². The van der Waals surface area contributed by atoms with Crippen LogP contribution >= 0.6 is 0 Å². The third-order valence-electron chi connectivity index (χ3n) is 16.5. The fraction of sp³-hybridized carbons (Fsp3) is 0.845. The number of carbonyl (C=O) groups excluding carboxylic acids is 5. The molecule has 10 amide bonds. The number of urea groups is 5. The summed E-state index contributed by atoms with van der Waals surface area (Å²) in [5.41, 5.74) is 0. The van der Waals surface area contributed by atoms with Crippen molar-refractivity contribution in [2.45, 2.75) is 104 Å². The number of anilines is 5. The highest BCUT2D eigenvalue weighted by molar-refractivity contribution is 5.85. The molecule has 0 spiro atoms. The van der Waals surface area contributed by atoms with Crippen LogP contribution in [-0.2, 0) is 94.7 Å². The van der Waals surface area contributed by atoms with Crippen LogP contribution in [0, 0.1) is 0 Å². The zero-order valence-electron chi connectivity index (χ0n) is 74.1. The molecule has 0 bridgehead atoms. The number of hydrogen-bond acceptors (Lipinski definition) is 38. The summed E-state index contributed by atoms with van der Waals surface area (Å²) in [6, 6.07) is -0.586. The van der Waals surface area contributed by atoms with Gasteiger partial charge in [0.15, 0.2) is 24.4 Å². The lowest BCUT2D eigenvalue weighted by molar-refractivity contribution is -0.102. The van der Waals surface area contributed by atoms with Crippen LogP contribution in [0.5, 0.6) is 0 Å². The van der Waals surface area contributed by atoms with E-state index in [1.807, 2.05) is 11.9 Å². The summed E-state index contributed by atoms with van der Waals surface area (Å²) in [6.07, 6.45) is 7.03. The van der Waals surface area contributed by atoms with E-state index in [9.17, 15) is 24.0 Å². The van der Waals surface area contributed by atoms with E-state index in [2.05, 4.69) is 78.9 Å². The van der Waals surface area contributed by atoms with Gasteiger partial charge in [0.25, 0.3) is 0 Å². The number of amides is 10. The van der Waals surface area contributed by atoms with Crippen LogP contribution in [0.25, 0.3) is 0 Å². The summed E-state index contributed by atoms with van der Waals surface area (Å²) >= 11 is 0. The molecule has 0 radical (unpaired) electrons. The van der Waals surface area contributed by atoms with E-state index in [1.165, 1.54) is 24.0 Å². The van der Waals surface area contributed by atoms with Gasteiger partial charge in [0.2, 0.25) is 29.7 Å². The number of rotatable bonds is 56. The highest BCUT2D eigenvalue weighted by atomic mass is 16.6. The zero-order valence-corrected chi connectivity index (χ0v) is 74.1. The van der Waals surface area contributed by atoms with E-state index in [1.54, 1.807) is 141 Å². The lowest BCUT2D eigenvalue weighted by Gasteiger charge is -2.39. The summed E-state index contributed by atoms with van der Waals surface area (Å²) in [7, 11) is 25.4. The molecule has 7 heterocycles. The molecule has 5 saturated heterocycles. The lowest BCUT2D eigenvalue weighted by Crippen LogP contribution is -2.57. The first-order valence-corrected chi connectivity index (χ1v) is 39.0. The second-order valence-electron chi connectivity index (χ2n) is 26.3. The molecule has 2 aromatic rings. The molecule has 690 valence electrons. The number of aromatic nitrogens is 6. The van der Waals surface area contributed by atoms with Crippen molar-refractivity contribution in [1.82, 2.24) is 89.1 Å². The average molecular weight is 1720 g/mol. The molecule has 0 aliphatic carbocycles. The minimum Gasteiger partial charge on any atom is -0.369 e. The Balaban J connectivity index is 0.000000505. The number of carbonyl (C=O) groups is 5. The summed E-state index contributed by atoms with van der Waals surface area (Å²) in [5.74, 6) is 2.26. The molecular weight excluding hydrogens is 1570 g/mol. The van der Waals surface area contributed by atoms with E-state index in [4.69, 9.17) is 94.7 Å². The van der Waals surface area contributed by atoms with Gasteiger partial charge in [-0.25, -0.2) is 24.0 Å². The van der Waals surface area contributed by atoms with Gasteiger partial charge in [-0.05, 0) is 39.2 Å². The van der Waals surface area contributed by atoms with Gasteiger partial charge in [-0.15, -0.1) is 0 Å². The Labute approximate surface area is 702 Å². The number of fused-ring (bicyclic) bond motifs is 1. The number of methoxy groups -OCH3 is 15. The summed E-state index contributed by atoms with van der Waals surface area (Å²) in [6.45, 7) is 18.3. The van der Waals surface area contributed by atoms with Crippen molar-refractivity contribution in [2.24, 2.45) is 0 Å². The number of unbranched alkanes of at least 4 members (excludes halogenated alkanes) is 4. The smallest absolute Gasteiger partial charge is 0.327 e. The predicted molar refractivity (Wildman–Crippen MR) is 433 cm³/mol. The fourth-order valence-electron chi connectivity index (χ4n) is 11.0. The Morgan fingerprint density at radius 3 is 0.966 bits per heavy atom. The summed E-state index contributed by atoms with van der Waals surface area (Å²) in [5, 5.41) is 11.7. The van der Waals surface area contributed by atoms with Gasteiger partial charge in [0.1, 0.15) is 128 Å². The maximum atomic E-state index is 13.4. The molecule has 119 heavy (non-hydrogen) atoms. The molecule has 48 nitrogen and oxygen atoms in total. The molecule has 48 heteroatoms. The maximum absolute atomic E-state index is 13.4. The van der Waals surface area contributed by atoms with Crippen molar-refractivity contribution in [3.63, 3.8) is 0 Å². The van der Waals surface area contributed by atoms with E-state index in [0.29, 0.717) is 122 Å². The van der Waals surface area contributed by atoms with Gasteiger partial charge >= 0.3 is 30.2 Å². The van der Waals surface area contributed by atoms with Gasteiger partial charge in [0.05, 0.1) is 20.1 Å². The van der Waals surface area contributed by atoms with E-state index < -0.39 is 18.6 Å². The van der Waals surface area contributed by atoms with E-state index in [-0.39, 0.29) is 118 Å². The Bertz CT molecular complexity index is 2660. The number of nitrogens with zero attached hydrogens (tertiary/aromatic N) is 19. The van der Waals surface area contributed by atoms with Crippen molar-refractivity contribution >= 4 is 59.9 Å². The minimum atomic E-state index is -0.607. The predicted octanol–water partition coefficient (Wildman–Crippen LogP) is 3.83. The third kappa shape index (κ3) is 39.9. The molecule has 5 fully saturated rings. The summed E-state index contributed by atoms with van der Waals surface area (Å²) < 4.78 is 104. The third-order valence-corrected chi connectivity index (χ3v) is 16.5. The van der Waals surface area contributed by atoms with Gasteiger partial charge in [-0.2, -0.15) is 29.9 Å². The van der Waals surface area contributed by atoms with Crippen LogP contribution < -0.4 is 31.1 Å². The molecule has 5 aliphatic heterocycles. The van der Waals surface area contributed by atoms with E-state index in [0.717, 1.165) is 70.9 Å². The molecule has 0 aromatic carbocycles. The monoisotopic (exact) mass is 1720 g/mol. The second kappa shape index (κ2) is 67.1.